The minimum absolute atomic E-state index is 0.114. The minimum Gasteiger partial charge on any atom is -0.507 e. The van der Waals surface area contributed by atoms with Crippen molar-refractivity contribution in [2.45, 2.75) is 26.3 Å². The molecule has 0 unspecified atom stereocenters. The lowest BCUT2D eigenvalue weighted by molar-refractivity contribution is 0.0600. The minimum atomic E-state index is -0.419. The highest BCUT2D eigenvalue weighted by Crippen LogP contribution is 2.40. The number of phenolic OH excluding ortho intramolecular Hbond substituents is 1. The maximum absolute atomic E-state index is 12.8. The fourth-order valence-electron chi connectivity index (χ4n) is 3.21. The Morgan fingerprint density at radius 3 is 2.59 bits per heavy atom. The fraction of sp³-hybridized carbons (Fsp3) is 0.304. The number of esters is 1. The number of aromatic hydroxyl groups is 1. The second kappa shape index (κ2) is 8.92. The number of phenols is 1. The predicted octanol–water partition coefficient (Wildman–Crippen LogP) is 4.03. The molecule has 0 saturated heterocycles. The van der Waals surface area contributed by atoms with E-state index >= 15 is 0 Å². The number of methoxy groups -OCH3 is 1. The van der Waals surface area contributed by atoms with Crippen molar-refractivity contribution < 1.29 is 24.2 Å². The number of carbonyl (C=O) groups excluding carboxylic acids is 2. The van der Waals surface area contributed by atoms with Crippen LogP contribution in [0.25, 0.3) is 6.08 Å². The van der Waals surface area contributed by atoms with E-state index in [-0.39, 0.29) is 17.3 Å². The van der Waals surface area contributed by atoms with Gasteiger partial charge < -0.3 is 19.5 Å². The topological polar surface area (TPSA) is 76.1 Å². The molecule has 2 aromatic carbocycles. The largest absolute Gasteiger partial charge is 0.507 e. The van der Waals surface area contributed by atoms with Gasteiger partial charge in [-0.1, -0.05) is 25.5 Å². The number of fused-ring (bicyclic) bond motifs is 1. The van der Waals surface area contributed by atoms with Gasteiger partial charge >= 0.3 is 5.97 Å². The first-order chi connectivity index (χ1) is 13.9. The lowest BCUT2D eigenvalue weighted by Crippen LogP contribution is -2.19. The summed E-state index contributed by atoms with van der Waals surface area (Å²) in [6.45, 7) is 3.51. The number of carbonyl (C=O) groups is 2. The maximum atomic E-state index is 12.8. The van der Waals surface area contributed by atoms with Crippen LogP contribution in [0.2, 0.25) is 0 Å². The van der Waals surface area contributed by atoms with Crippen LogP contribution in [-0.4, -0.2) is 42.5 Å². The summed E-state index contributed by atoms with van der Waals surface area (Å²) in [6.07, 6.45) is 3.77. The smallest absolute Gasteiger partial charge is 0.337 e. The molecule has 0 saturated carbocycles. The SMILES string of the molecule is CCCCN(C)Cc1c(O)ccc2c1O/C(=C/c1ccc(C(=O)OC)cc1)C2=O. The summed E-state index contributed by atoms with van der Waals surface area (Å²) in [5.41, 5.74) is 2.21. The van der Waals surface area contributed by atoms with Crippen molar-refractivity contribution in [1.82, 2.24) is 4.90 Å². The van der Waals surface area contributed by atoms with Gasteiger partial charge in [-0.2, -0.15) is 0 Å². The monoisotopic (exact) mass is 395 g/mol. The molecular weight excluding hydrogens is 370 g/mol. The van der Waals surface area contributed by atoms with Crippen molar-refractivity contribution in [3.63, 3.8) is 0 Å². The summed E-state index contributed by atoms with van der Waals surface area (Å²) in [5.74, 6) is 0.0693. The number of unbranched alkanes of at least 4 members (excludes halogenated alkanes) is 1. The standard InChI is InChI=1S/C23H25NO5/c1-4-5-12-24(2)14-18-19(25)11-10-17-21(26)20(29-22(17)18)13-15-6-8-16(9-7-15)23(27)28-3/h6-11,13,25H,4-5,12,14H2,1-3H3/b20-13+. The highest BCUT2D eigenvalue weighted by atomic mass is 16.5. The second-order valence-electron chi connectivity index (χ2n) is 7.08. The van der Waals surface area contributed by atoms with Crippen molar-refractivity contribution in [2.24, 2.45) is 0 Å². The van der Waals surface area contributed by atoms with Crippen LogP contribution in [-0.2, 0) is 11.3 Å². The lowest BCUT2D eigenvalue weighted by atomic mass is 10.0. The van der Waals surface area contributed by atoms with Crippen molar-refractivity contribution in [3.05, 3.63) is 64.4 Å². The second-order valence-corrected chi connectivity index (χ2v) is 7.08. The van der Waals surface area contributed by atoms with Crippen LogP contribution in [0.15, 0.2) is 42.2 Å². The molecule has 0 aliphatic carbocycles. The van der Waals surface area contributed by atoms with Gasteiger partial charge in [0.05, 0.1) is 23.8 Å². The molecule has 0 radical (unpaired) electrons. The number of Topliss-reactive ketones (excluding diaryl/α,β-unsaturated/α-hetero) is 1. The molecule has 6 nitrogen and oxygen atoms in total. The number of hydrogen-bond donors (Lipinski definition) is 1. The molecule has 0 spiro atoms. The van der Waals surface area contributed by atoms with Gasteiger partial charge in [-0.25, -0.2) is 4.79 Å². The quantitative estimate of drug-likeness (QED) is 0.564. The van der Waals surface area contributed by atoms with Crippen LogP contribution >= 0.6 is 0 Å². The number of ether oxygens (including phenoxy) is 2. The van der Waals surface area contributed by atoms with Gasteiger partial charge in [0.2, 0.25) is 5.78 Å². The molecule has 0 fully saturated rings. The Kier molecular flexibility index (Phi) is 6.34. The molecule has 1 heterocycles. The average molecular weight is 395 g/mol. The van der Waals surface area contributed by atoms with Gasteiger partial charge in [0.25, 0.3) is 0 Å². The van der Waals surface area contributed by atoms with Gasteiger partial charge in [0, 0.05) is 6.54 Å². The summed E-state index contributed by atoms with van der Waals surface area (Å²) >= 11 is 0. The van der Waals surface area contributed by atoms with Crippen LogP contribution in [0, 0.1) is 0 Å². The molecule has 0 aromatic heterocycles. The van der Waals surface area contributed by atoms with E-state index in [4.69, 9.17) is 4.74 Å². The van der Waals surface area contributed by atoms with E-state index in [1.54, 1.807) is 36.4 Å². The fourth-order valence-corrected chi connectivity index (χ4v) is 3.21. The number of nitrogens with zero attached hydrogens (tertiary/aromatic N) is 1. The van der Waals surface area contributed by atoms with E-state index in [0.717, 1.165) is 24.9 Å². The molecule has 3 rings (SSSR count). The number of rotatable bonds is 7. The number of hydrogen-bond acceptors (Lipinski definition) is 6. The Morgan fingerprint density at radius 2 is 1.93 bits per heavy atom. The number of allylic oxidation sites excluding steroid dienone is 1. The van der Waals surface area contributed by atoms with Crippen molar-refractivity contribution in [1.29, 1.82) is 0 Å². The average Bonchev–Trinajstić information content (AvgIpc) is 3.04. The van der Waals surface area contributed by atoms with E-state index in [9.17, 15) is 14.7 Å². The van der Waals surface area contributed by atoms with E-state index in [2.05, 4.69) is 16.6 Å². The molecule has 2 aromatic rings. The Labute approximate surface area is 170 Å². The lowest BCUT2D eigenvalue weighted by Gasteiger charge is -2.18. The molecule has 1 aliphatic rings. The summed E-state index contributed by atoms with van der Waals surface area (Å²) in [6, 6.07) is 9.82. The first kappa shape index (κ1) is 20.6. The summed E-state index contributed by atoms with van der Waals surface area (Å²) < 4.78 is 10.6. The Balaban J connectivity index is 1.85. The van der Waals surface area contributed by atoms with Gasteiger partial charge in [0.15, 0.2) is 5.76 Å². The van der Waals surface area contributed by atoms with Crippen LogP contribution in [0.5, 0.6) is 11.5 Å². The van der Waals surface area contributed by atoms with Crippen LogP contribution in [0.1, 0.15) is 51.6 Å². The molecule has 0 bridgehead atoms. The third kappa shape index (κ3) is 4.49. The zero-order valence-electron chi connectivity index (χ0n) is 16.9. The zero-order chi connectivity index (χ0) is 21.0. The van der Waals surface area contributed by atoms with E-state index in [1.807, 2.05) is 7.05 Å². The molecule has 1 aliphatic heterocycles. The van der Waals surface area contributed by atoms with Crippen LogP contribution in [0.4, 0.5) is 0 Å². The van der Waals surface area contributed by atoms with Gasteiger partial charge in [0.1, 0.15) is 11.5 Å². The molecule has 152 valence electrons. The molecule has 1 N–H and O–H groups in total. The Morgan fingerprint density at radius 1 is 1.21 bits per heavy atom. The normalized spacial score (nSPS) is 14.2. The number of benzene rings is 2. The van der Waals surface area contributed by atoms with Gasteiger partial charge in [-0.3, -0.25) is 4.79 Å². The van der Waals surface area contributed by atoms with Crippen molar-refractivity contribution in [2.75, 3.05) is 20.7 Å². The summed E-state index contributed by atoms with van der Waals surface area (Å²) in [5, 5.41) is 10.3. The highest BCUT2D eigenvalue weighted by Gasteiger charge is 2.31. The van der Waals surface area contributed by atoms with Crippen LogP contribution < -0.4 is 4.74 Å². The number of ketones is 1. The summed E-state index contributed by atoms with van der Waals surface area (Å²) in [4.78, 5) is 26.4. The van der Waals surface area contributed by atoms with E-state index < -0.39 is 5.97 Å². The molecule has 6 heteroatoms. The van der Waals surface area contributed by atoms with E-state index in [0.29, 0.717) is 29.0 Å². The van der Waals surface area contributed by atoms with Crippen LogP contribution in [0.3, 0.4) is 0 Å². The molecule has 0 amide bonds. The highest BCUT2D eigenvalue weighted by molar-refractivity contribution is 6.15. The third-order valence-electron chi connectivity index (χ3n) is 4.87. The maximum Gasteiger partial charge on any atom is 0.337 e. The zero-order valence-corrected chi connectivity index (χ0v) is 16.9. The van der Waals surface area contributed by atoms with E-state index in [1.165, 1.54) is 13.2 Å². The van der Waals surface area contributed by atoms with Gasteiger partial charge in [-0.05, 0) is 55.9 Å². The molecule has 29 heavy (non-hydrogen) atoms. The third-order valence-corrected chi connectivity index (χ3v) is 4.87. The first-order valence-corrected chi connectivity index (χ1v) is 9.60. The Hall–Kier alpha value is -3.12. The van der Waals surface area contributed by atoms with Gasteiger partial charge in [-0.15, -0.1) is 0 Å². The molecular formula is C23H25NO5. The Bertz CT molecular complexity index is 946. The predicted molar refractivity (Wildman–Crippen MR) is 110 cm³/mol. The first-order valence-electron chi connectivity index (χ1n) is 9.60. The van der Waals surface area contributed by atoms with Crippen molar-refractivity contribution >= 4 is 17.8 Å². The summed E-state index contributed by atoms with van der Waals surface area (Å²) in [7, 11) is 3.30. The van der Waals surface area contributed by atoms with Crippen molar-refractivity contribution in [3.8, 4) is 11.5 Å². The molecule has 0 atom stereocenters.